The molecule has 2 aliphatic heterocycles. The number of carbonyl (C=O) groups excluding carboxylic acids is 1. The zero-order chi connectivity index (χ0) is 7.14. The molecule has 1 saturated heterocycles. The number of rotatable bonds is 1. The first kappa shape index (κ1) is 6.74. The molecule has 2 bridgehead atoms. The lowest BCUT2D eigenvalue weighted by Gasteiger charge is -2.09. The van der Waals surface area contributed by atoms with Gasteiger partial charge in [-0.1, -0.05) is 12.2 Å². The van der Waals surface area contributed by atoms with Gasteiger partial charge in [-0.25, -0.2) is 0 Å². The summed E-state index contributed by atoms with van der Waals surface area (Å²) in [6.07, 6.45) is 5.23. The molecular weight excluding hydrogens is 168 g/mol. The average molecular weight is 175 g/mol. The van der Waals surface area contributed by atoms with Crippen LogP contribution in [-0.4, -0.2) is 15.7 Å². The zero-order valence-electron chi connectivity index (χ0n) is 5.29. The summed E-state index contributed by atoms with van der Waals surface area (Å²) in [5.74, 6) is 0.0988. The molecule has 0 spiro atoms. The first-order valence-electron chi connectivity index (χ1n) is 3.30. The van der Waals surface area contributed by atoms with Crippen molar-refractivity contribution in [1.29, 1.82) is 0 Å². The van der Waals surface area contributed by atoms with Gasteiger partial charge in [0.25, 0.3) is 0 Å². The third-order valence-corrected chi connectivity index (χ3v) is 3.80. The van der Waals surface area contributed by atoms with Gasteiger partial charge >= 0.3 is 0 Å². The Hall–Kier alpha value is 0.0500. The van der Waals surface area contributed by atoms with E-state index in [0.29, 0.717) is 10.5 Å². The zero-order valence-corrected chi connectivity index (χ0v) is 6.86. The molecule has 2 heterocycles. The molecule has 1 nitrogen and oxygen atoms in total. The third-order valence-electron chi connectivity index (χ3n) is 2.02. The number of hydrogen-bond donors (Lipinski definition) is 0. The summed E-state index contributed by atoms with van der Waals surface area (Å²) in [6.45, 7) is 0. The minimum Gasteiger partial charge on any atom is -0.281 e. The Bertz CT molecular complexity index is 202. The monoisotopic (exact) mass is 174 g/mol. The standard InChI is InChI=1S/C7H7ClOS/c8-7(9)5-3-4-1-2-6(5)10-4/h1-2,4-6H,3H2/t4-,5-,6+/m1/s1. The lowest BCUT2D eigenvalue weighted by molar-refractivity contribution is -0.114. The molecule has 0 unspecified atom stereocenters. The van der Waals surface area contributed by atoms with Crippen molar-refractivity contribution >= 4 is 28.6 Å². The van der Waals surface area contributed by atoms with Crippen LogP contribution in [0.5, 0.6) is 0 Å². The van der Waals surface area contributed by atoms with Gasteiger partial charge in [0.05, 0.1) is 0 Å². The van der Waals surface area contributed by atoms with Crippen molar-refractivity contribution in [3.63, 3.8) is 0 Å². The highest BCUT2D eigenvalue weighted by atomic mass is 35.5. The van der Waals surface area contributed by atoms with Crippen molar-refractivity contribution in [1.82, 2.24) is 0 Å². The maximum Gasteiger partial charge on any atom is 0.226 e. The van der Waals surface area contributed by atoms with E-state index in [1.165, 1.54) is 0 Å². The topological polar surface area (TPSA) is 17.1 Å². The molecule has 0 N–H and O–H groups in total. The van der Waals surface area contributed by atoms with E-state index < -0.39 is 0 Å². The first-order valence-corrected chi connectivity index (χ1v) is 4.62. The van der Waals surface area contributed by atoms with Gasteiger partial charge in [0.1, 0.15) is 0 Å². The summed E-state index contributed by atoms with van der Waals surface area (Å²) in [5, 5.41) is 0.789. The molecule has 0 aliphatic carbocycles. The summed E-state index contributed by atoms with van der Waals surface area (Å²) >= 11 is 7.24. The lowest BCUT2D eigenvalue weighted by atomic mass is 9.96. The van der Waals surface area contributed by atoms with Gasteiger partial charge in [-0.2, -0.15) is 0 Å². The van der Waals surface area contributed by atoms with Crippen molar-refractivity contribution in [2.45, 2.75) is 16.9 Å². The van der Waals surface area contributed by atoms with Gasteiger partial charge in [0, 0.05) is 16.4 Å². The molecule has 3 atom stereocenters. The Labute approximate surface area is 68.8 Å². The smallest absolute Gasteiger partial charge is 0.226 e. The maximum atomic E-state index is 10.8. The van der Waals surface area contributed by atoms with Crippen LogP contribution in [-0.2, 0) is 4.79 Å². The highest BCUT2D eigenvalue weighted by molar-refractivity contribution is 8.01. The Balaban J connectivity index is 2.16. The molecule has 0 aromatic rings. The van der Waals surface area contributed by atoms with Crippen molar-refractivity contribution in [3.8, 4) is 0 Å². The molecule has 0 saturated carbocycles. The second kappa shape index (κ2) is 2.28. The minimum atomic E-state index is -0.163. The van der Waals surface area contributed by atoms with E-state index in [9.17, 15) is 4.79 Å². The van der Waals surface area contributed by atoms with Crippen LogP contribution in [0, 0.1) is 5.92 Å². The van der Waals surface area contributed by atoms with Crippen LogP contribution >= 0.6 is 23.4 Å². The van der Waals surface area contributed by atoms with Crippen LogP contribution in [0.4, 0.5) is 0 Å². The third kappa shape index (κ3) is 0.903. The molecule has 1 fully saturated rings. The van der Waals surface area contributed by atoms with Crippen LogP contribution < -0.4 is 0 Å². The number of carbonyl (C=O) groups is 1. The molecule has 2 aliphatic rings. The fourth-order valence-corrected chi connectivity index (χ4v) is 3.30. The number of halogens is 1. The predicted octanol–water partition coefficient (Wildman–Crippen LogP) is 1.81. The lowest BCUT2D eigenvalue weighted by Crippen LogP contribution is -2.17. The van der Waals surface area contributed by atoms with E-state index in [-0.39, 0.29) is 11.2 Å². The molecule has 0 amide bonds. The largest absolute Gasteiger partial charge is 0.281 e. The van der Waals surface area contributed by atoms with Gasteiger partial charge in [-0.15, -0.1) is 11.8 Å². The minimum absolute atomic E-state index is 0.0988. The van der Waals surface area contributed by atoms with E-state index in [1.54, 1.807) is 0 Å². The van der Waals surface area contributed by atoms with E-state index >= 15 is 0 Å². The Morgan fingerprint density at radius 1 is 1.60 bits per heavy atom. The normalized spacial score (nSPS) is 42.7. The maximum absolute atomic E-state index is 10.8. The Morgan fingerprint density at radius 2 is 2.40 bits per heavy atom. The van der Waals surface area contributed by atoms with Gasteiger partial charge in [0.2, 0.25) is 5.24 Å². The second-order valence-electron chi connectivity index (χ2n) is 2.67. The summed E-state index contributed by atoms with van der Waals surface area (Å²) in [6, 6.07) is 0. The van der Waals surface area contributed by atoms with Gasteiger partial charge in [-0.3, -0.25) is 4.79 Å². The molecule has 0 radical (unpaired) electrons. The number of hydrogen-bond acceptors (Lipinski definition) is 2. The van der Waals surface area contributed by atoms with Crippen LogP contribution in [0.15, 0.2) is 12.2 Å². The molecule has 0 aromatic carbocycles. The van der Waals surface area contributed by atoms with Crippen molar-refractivity contribution in [2.75, 3.05) is 0 Å². The Morgan fingerprint density at radius 3 is 2.70 bits per heavy atom. The molecule has 3 heteroatoms. The molecule has 2 rings (SSSR count). The van der Waals surface area contributed by atoms with E-state index in [4.69, 9.17) is 11.6 Å². The molecular formula is C7H7ClOS. The van der Waals surface area contributed by atoms with E-state index in [2.05, 4.69) is 12.2 Å². The van der Waals surface area contributed by atoms with Gasteiger partial charge < -0.3 is 0 Å². The summed E-state index contributed by atoms with van der Waals surface area (Å²) in [7, 11) is 0. The predicted molar refractivity (Wildman–Crippen MR) is 43.3 cm³/mol. The average Bonchev–Trinajstić information content (AvgIpc) is 2.44. The number of thioether (sulfide) groups is 1. The highest BCUT2D eigenvalue weighted by Crippen LogP contribution is 2.45. The van der Waals surface area contributed by atoms with Crippen LogP contribution in [0.2, 0.25) is 0 Å². The first-order chi connectivity index (χ1) is 4.77. The molecule has 54 valence electrons. The SMILES string of the molecule is O=C(Cl)[C@@H]1C[C@H]2C=C[C@@H]1S2. The van der Waals surface area contributed by atoms with Gasteiger partial charge in [0.15, 0.2) is 0 Å². The summed E-state index contributed by atoms with van der Waals surface area (Å²) in [5.41, 5.74) is 0. The van der Waals surface area contributed by atoms with Crippen molar-refractivity contribution in [2.24, 2.45) is 5.92 Å². The molecule has 0 aromatic heterocycles. The van der Waals surface area contributed by atoms with Gasteiger partial charge in [-0.05, 0) is 18.0 Å². The van der Waals surface area contributed by atoms with Crippen LogP contribution in [0.25, 0.3) is 0 Å². The van der Waals surface area contributed by atoms with Crippen LogP contribution in [0.1, 0.15) is 6.42 Å². The fourth-order valence-electron chi connectivity index (χ4n) is 1.50. The summed E-state index contributed by atoms with van der Waals surface area (Å²) < 4.78 is 0. The second-order valence-corrected chi connectivity index (χ2v) is 4.46. The molecule has 10 heavy (non-hydrogen) atoms. The fraction of sp³-hybridized carbons (Fsp3) is 0.571. The van der Waals surface area contributed by atoms with E-state index in [1.807, 2.05) is 11.8 Å². The number of fused-ring (bicyclic) bond motifs is 2. The van der Waals surface area contributed by atoms with E-state index in [0.717, 1.165) is 6.42 Å². The van der Waals surface area contributed by atoms with Crippen LogP contribution in [0.3, 0.4) is 0 Å². The van der Waals surface area contributed by atoms with Crippen molar-refractivity contribution < 1.29 is 4.79 Å². The Kier molecular flexibility index (Phi) is 1.53. The highest BCUT2D eigenvalue weighted by Gasteiger charge is 2.39. The van der Waals surface area contributed by atoms with Crippen molar-refractivity contribution in [3.05, 3.63) is 12.2 Å². The quantitative estimate of drug-likeness (QED) is 0.446. The summed E-state index contributed by atoms with van der Waals surface area (Å²) in [4.78, 5) is 10.8.